The number of aliphatic carboxylic acids is 1. The van der Waals surface area contributed by atoms with Gasteiger partial charge >= 0.3 is 5.97 Å². The lowest BCUT2D eigenvalue weighted by molar-refractivity contribution is -0.141. The van der Waals surface area contributed by atoms with E-state index in [1.165, 1.54) is 10.4 Å². The summed E-state index contributed by atoms with van der Waals surface area (Å²) in [6.45, 7) is 6.80. The van der Waals surface area contributed by atoms with E-state index in [4.69, 9.17) is 14.5 Å². The first-order valence-corrected chi connectivity index (χ1v) is 11.2. The molecule has 1 atom stereocenters. The van der Waals surface area contributed by atoms with Gasteiger partial charge in [0.1, 0.15) is 0 Å². The molecule has 6 nitrogen and oxygen atoms in total. The summed E-state index contributed by atoms with van der Waals surface area (Å²) in [4.78, 5) is 17.9. The number of fused-ring (bicyclic) bond motifs is 1. The second-order valence-electron chi connectivity index (χ2n) is 8.02. The molecule has 0 bridgehead atoms. The zero-order valence-electron chi connectivity index (χ0n) is 17.8. The second kappa shape index (κ2) is 8.98. The molecule has 4 rings (SSSR count). The van der Waals surface area contributed by atoms with Gasteiger partial charge in [0.15, 0.2) is 16.6 Å². The molecular weight excluding hydrogens is 412 g/mol. The fraction of sp³-hybridized carbons (Fsp3) is 0.333. The Kier molecular flexibility index (Phi) is 6.13. The Morgan fingerprint density at radius 1 is 1.19 bits per heavy atom. The molecule has 0 aliphatic carbocycles. The van der Waals surface area contributed by atoms with E-state index < -0.39 is 11.9 Å². The van der Waals surface area contributed by atoms with E-state index in [-0.39, 0.29) is 13.3 Å². The van der Waals surface area contributed by atoms with Crippen molar-refractivity contribution >= 4 is 22.4 Å². The average Bonchev–Trinajstić information content (AvgIpc) is 3.39. The number of thiazole rings is 1. The number of nitrogens with zero attached hydrogens (tertiary/aromatic N) is 1. The molecule has 0 radical (unpaired) electrons. The van der Waals surface area contributed by atoms with E-state index in [1.807, 2.05) is 18.2 Å². The average molecular weight is 439 g/mol. The summed E-state index contributed by atoms with van der Waals surface area (Å²) in [5.74, 6) is 0.155. The molecule has 1 aromatic heterocycles. The zero-order chi connectivity index (χ0) is 22.0. The van der Waals surface area contributed by atoms with E-state index in [2.05, 4.69) is 50.4 Å². The topological polar surface area (TPSA) is 80.7 Å². The van der Waals surface area contributed by atoms with Gasteiger partial charge in [0.2, 0.25) is 6.79 Å². The maximum absolute atomic E-state index is 11.9. The van der Waals surface area contributed by atoms with Crippen LogP contribution in [0.3, 0.4) is 0 Å². The first kappa shape index (κ1) is 21.2. The second-order valence-corrected chi connectivity index (χ2v) is 9.05. The fourth-order valence-electron chi connectivity index (χ4n) is 3.59. The van der Waals surface area contributed by atoms with Gasteiger partial charge < -0.3 is 19.9 Å². The number of aromatic nitrogens is 1. The van der Waals surface area contributed by atoms with Gasteiger partial charge in [-0.1, -0.05) is 55.8 Å². The smallest absolute Gasteiger partial charge is 0.308 e. The molecule has 2 heterocycles. The van der Waals surface area contributed by atoms with Crippen LogP contribution in [0.1, 0.15) is 35.8 Å². The van der Waals surface area contributed by atoms with Gasteiger partial charge in [-0.2, -0.15) is 0 Å². The predicted octanol–water partition coefficient (Wildman–Crippen LogP) is 5.33. The third-order valence-electron chi connectivity index (χ3n) is 5.30. The summed E-state index contributed by atoms with van der Waals surface area (Å²) in [5, 5.41) is 13.8. The number of nitrogens with one attached hydrogen (secondary N) is 1. The van der Waals surface area contributed by atoms with Crippen LogP contribution in [0, 0.1) is 12.8 Å². The molecule has 162 valence electrons. The van der Waals surface area contributed by atoms with E-state index in [0.29, 0.717) is 23.8 Å². The lowest BCUT2D eigenvalue weighted by Crippen LogP contribution is -2.25. The van der Waals surface area contributed by atoms with Crippen molar-refractivity contribution in [2.75, 3.05) is 18.7 Å². The largest absolute Gasteiger partial charge is 0.481 e. The fourth-order valence-corrected chi connectivity index (χ4v) is 4.59. The van der Waals surface area contributed by atoms with Crippen molar-refractivity contribution in [1.82, 2.24) is 4.98 Å². The molecule has 2 N–H and O–H groups in total. The van der Waals surface area contributed by atoms with Crippen LogP contribution in [0.5, 0.6) is 11.5 Å². The molecule has 31 heavy (non-hydrogen) atoms. The molecule has 0 saturated carbocycles. The lowest BCUT2D eigenvalue weighted by atomic mass is 9.98. The maximum atomic E-state index is 11.9. The van der Waals surface area contributed by atoms with Gasteiger partial charge in [-0.3, -0.25) is 4.79 Å². The summed E-state index contributed by atoms with van der Waals surface area (Å²) in [6, 6.07) is 13.9. The number of para-hydroxylation sites is 1. The highest BCUT2D eigenvalue weighted by Gasteiger charge is 2.24. The van der Waals surface area contributed by atoms with E-state index in [0.717, 1.165) is 22.0 Å². The van der Waals surface area contributed by atoms with Crippen LogP contribution in [0.15, 0.2) is 42.5 Å². The van der Waals surface area contributed by atoms with Crippen molar-refractivity contribution in [3.05, 3.63) is 58.5 Å². The van der Waals surface area contributed by atoms with Crippen LogP contribution in [-0.2, 0) is 11.2 Å². The quantitative estimate of drug-likeness (QED) is 0.495. The van der Waals surface area contributed by atoms with Crippen molar-refractivity contribution in [3.8, 4) is 22.8 Å². The summed E-state index contributed by atoms with van der Waals surface area (Å²) < 4.78 is 10.9. The molecule has 1 aliphatic rings. The van der Waals surface area contributed by atoms with Gasteiger partial charge in [0.05, 0.1) is 11.6 Å². The third kappa shape index (κ3) is 4.66. The summed E-state index contributed by atoms with van der Waals surface area (Å²) in [7, 11) is 0. The van der Waals surface area contributed by atoms with Crippen molar-refractivity contribution in [2.24, 2.45) is 5.92 Å². The molecule has 2 aromatic carbocycles. The molecule has 0 amide bonds. The Labute approximate surface area is 185 Å². The monoisotopic (exact) mass is 438 g/mol. The molecule has 1 unspecified atom stereocenters. The number of hydrogen-bond donors (Lipinski definition) is 2. The number of hydrogen-bond acceptors (Lipinski definition) is 6. The number of ether oxygens (including phenoxy) is 2. The van der Waals surface area contributed by atoms with Crippen molar-refractivity contribution < 1.29 is 19.4 Å². The van der Waals surface area contributed by atoms with Crippen LogP contribution in [0.2, 0.25) is 0 Å². The lowest BCUT2D eigenvalue weighted by Gasteiger charge is -2.14. The number of rotatable bonds is 8. The number of carboxylic acids is 1. The number of carboxylic acid groups (broad SMARTS) is 1. The third-order valence-corrected chi connectivity index (χ3v) is 6.61. The van der Waals surface area contributed by atoms with Crippen molar-refractivity contribution in [1.29, 1.82) is 0 Å². The van der Waals surface area contributed by atoms with Crippen LogP contribution in [0.4, 0.5) is 5.13 Å². The highest BCUT2D eigenvalue weighted by atomic mass is 32.1. The van der Waals surface area contributed by atoms with E-state index in [1.54, 1.807) is 11.3 Å². The minimum absolute atomic E-state index is 0.168. The van der Waals surface area contributed by atoms with E-state index in [9.17, 15) is 9.90 Å². The molecule has 0 saturated heterocycles. The molecule has 0 fully saturated rings. The maximum Gasteiger partial charge on any atom is 0.308 e. The van der Waals surface area contributed by atoms with Gasteiger partial charge in [0.25, 0.3) is 0 Å². The number of aryl methyl sites for hydroxylation is 1. The number of benzene rings is 2. The Bertz CT molecular complexity index is 1080. The van der Waals surface area contributed by atoms with Crippen LogP contribution in [0.25, 0.3) is 11.3 Å². The number of anilines is 1. The summed E-state index contributed by atoms with van der Waals surface area (Å²) >= 11 is 1.59. The minimum atomic E-state index is -0.858. The highest BCUT2D eigenvalue weighted by Crippen LogP contribution is 2.38. The van der Waals surface area contributed by atoms with Gasteiger partial charge in [-0.25, -0.2) is 4.98 Å². The Morgan fingerprint density at radius 3 is 2.68 bits per heavy atom. The van der Waals surface area contributed by atoms with Crippen LogP contribution in [-0.4, -0.2) is 29.4 Å². The number of carbonyl (C=O) groups is 1. The first-order valence-electron chi connectivity index (χ1n) is 10.3. The summed E-state index contributed by atoms with van der Waals surface area (Å²) in [6.07, 6.45) is 0.349. The SMILES string of the molecule is Cc1ccc(-c2nc(NCC(Cc3cccc4c3OCO4)C(=O)O)sc2C(C)C)cc1. The Hall–Kier alpha value is -3.06. The van der Waals surface area contributed by atoms with Gasteiger partial charge in [0, 0.05) is 17.0 Å². The van der Waals surface area contributed by atoms with Gasteiger partial charge in [-0.15, -0.1) is 11.3 Å². The molecule has 1 aliphatic heterocycles. The first-order chi connectivity index (χ1) is 14.9. The summed E-state index contributed by atoms with van der Waals surface area (Å²) in [5.41, 5.74) is 4.08. The Morgan fingerprint density at radius 2 is 1.97 bits per heavy atom. The zero-order valence-corrected chi connectivity index (χ0v) is 18.7. The Balaban J connectivity index is 1.52. The normalized spacial score (nSPS) is 13.4. The standard InChI is InChI=1S/C24H26N2O4S/c1-14(2)22-20(16-9-7-15(3)8-10-16)26-24(31-22)25-12-18(23(27)28)11-17-5-4-6-19-21(17)30-13-29-19/h4-10,14,18H,11-13H2,1-3H3,(H,25,26)(H,27,28). The van der Waals surface area contributed by atoms with Crippen LogP contribution >= 0.6 is 11.3 Å². The molecular formula is C24H26N2O4S. The predicted molar refractivity (Wildman–Crippen MR) is 122 cm³/mol. The van der Waals surface area contributed by atoms with Crippen molar-refractivity contribution in [2.45, 2.75) is 33.1 Å². The van der Waals surface area contributed by atoms with E-state index >= 15 is 0 Å². The van der Waals surface area contributed by atoms with Gasteiger partial charge in [-0.05, 0) is 30.9 Å². The minimum Gasteiger partial charge on any atom is -0.481 e. The molecule has 3 aromatic rings. The van der Waals surface area contributed by atoms with Crippen LogP contribution < -0.4 is 14.8 Å². The molecule has 7 heteroatoms. The van der Waals surface area contributed by atoms with Crippen molar-refractivity contribution in [3.63, 3.8) is 0 Å². The highest BCUT2D eigenvalue weighted by molar-refractivity contribution is 7.16. The molecule has 0 spiro atoms.